The van der Waals surface area contributed by atoms with Crippen LogP contribution in [0.4, 0.5) is 0 Å². The van der Waals surface area contributed by atoms with Gasteiger partial charge in [0.1, 0.15) is 10.9 Å². The molecule has 0 radical (unpaired) electrons. The summed E-state index contributed by atoms with van der Waals surface area (Å²) < 4.78 is 5.21. The summed E-state index contributed by atoms with van der Waals surface area (Å²) in [5, 5.41) is 16.5. The predicted octanol–water partition coefficient (Wildman–Crippen LogP) is 5.34. The van der Waals surface area contributed by atoms with Crippen molar-refractivity contribution in [3.05, 3.63) is 69.4 Å². The lowest BCUT2D eigenvalue weighted by atomic mass is 9.96. The van der Waals surface area contributed by atoms with Gasteiger partial charge in [0.15, 0.2) is 5.84 Å². The van der Waals surface area contributed by atoms with Crippen LogP contribution in [0.1, 0.15) is 39.5 Å². The van der Waals surface area contributed by atoms with Crippen molar-refractivity contribution < 1.29 is 9.53 Å². The molecule has 0 aliphatic heterocycles. The number of carbonyl (C=O) groups excluding carboxylic acids is 1. The van der Waals surface area contributed by atoms with E-state index >= 15 is 0 Å². The first-order valence-corrected chi connectivity index (χ1v) is 10.5. The summed E-state index contributed by atoms with van der Waals surface area (Å²) >= 11 is 1.32. The number of aryl methyl sites for hydroxylation is 1. The molecule has 31 heavy (non-hydrogen) atoms. The van der Waals surface area contributed by atoms with E-state index in [4.69, 9.17) is 16.1 Å². The maximum Gasteiger partial charge on any atom is 0.348 e. The quantitative estimate of drug-likeness (QED) is 0.136. The SMILES string of the molecule is CCOC(=O)c1sc(CC)c(C#N)c1-c1ccc(-c2ccc(/C(N=N)=N/N)cc2)cc1. The number of hydrazone groups is 1. The zero-order valence-corrected chi connectivity index (χ0v) is 18.0. The molecule has 0 unspecified atom stereocenters. The number of hydrogen-bond acceptors (Lipinski definition) is 7. The van der Waals surface area contributed by atoms with Crippen LogP contribution in [0.5, 0.6) is 0 Å². The molecule has 3 N–H and O–H groups in total. The number of nitrogens with one attached hydrogen (secondary N) is 1. The summed E-state index contributed by atoms with van der Waals surface area (Å²) in [6.07, 6.45) is 0.670. The van der Waals surface area contributed by atoms with Gasteiger partial charge in [-0.15, -0.1) is 16.5 Å². The molecule has 156 valence electrons. The van der Waals surface area contributed by atoms with E-state index in [1.165, 1.54) is 11.3 Å². The van der Waals surface area contributed by atoms with Gasteiger partial charge in [0.2, 0.25) is 0 Å². The highest BCUT2D eigenvalue weighted by Crippen LogP contribution is 2.38. The average Bonchev–Trinajstić information content (AvgIpc) is 3.19. The topological polar surface area (TPSA) is 125 Å². The molecule has 0 atom stereocenters. The number of rotatable bonds is 6. The molecule has 3 aromatic rings. The van der Waals surface area contributed by atoms with Crippen LogP contribution in [0.3, 0.4) is 0 Å². The van der Waals surface area contributed by atoms with Gasteiger partial charge in [-0.25, -0.2) is 10.3 Å². The second-order valence-corrected chi connectivity index (χ2v) is 7.61. The Labute approximate surface area is 184 Å². The van der Waals surface area contributed by atoms with Gasteiger partial charge in [0.05, 0.1) is 12.2 Å². The highest BCUT2D eigenvalue weighted by atomic mass is 32.1. The van der Waals surface area contributed by atoms with E-state index in [-0.39, 0.29) is 12.4 Å². The molecule has 1 aromatic heterocycles. The number of nitrogens with two attached hydrogens (primary N) is 1. The van der Waals surface area contributed by atoms with Crippen molar-refractivity contribution in [2.24, 2.45) is 16.1 Å². The normalized spacial score (nSPS) is 11.1. The van der Waals surface area contributed by atoms with Crippen molar-refractivity contribution >= 4 is 23.1 Å². The molecule has 0 amide bonds. The summed E-state index contributed by atoms with van der Waals surface area (Å²) in [5.41, 5.74) is 11.6. The van der Waals surface area contributed by atoms with E-state index in [2.05, 4.69) is 16.3 Å². The molecule has 0 spiro atoms. The zero-order valence-electron chi connectivity index (χ0n) is 17.2. The number of nitriles is 1. The summed E-state index contributed by atoms with van der Waals surface area (Å²) in [6, 6.07) is 17.3. The number of amidine groups is 1. The molecule has 8 heteroatoms. The highest BCUT2D eigenvalue weighted by Gasteiger charge is 2.24. The van der Waals surface area contributed by atoms with E-state index in [1.54, 1.807) is 19.1 Å². The minimum atomic E-state index is -0.407. The molecule has 0 bridgehead atoms. The standard InChI is InChI=1S/C23H21N5O2S/c1-3-19-18(13-24)20(21(31-19)23(29)30-4-2)16-9-5-14(6-10-16)15-7-11-17(12-8-15)22(27-25)28-26/h5-12,25H,3-4,26H2,1-2H3/b27-25?,28-22-. The van der Waals surface area contributed by atoms with Crippen LogP contribution >= 0.6 is 11.3 Å². The van der Waals surface area contributed by atoms with Crippen LogP contribution in [0, 0.1) is 16.9 Å². The van der Waals surface area contributed by atoms with E-state index in [0.29, 0.717) is 28.0 Å². The largest absolute Gasteiger partial charge is 0.462 e. The fraction of sp³-hybridized carbons (Fsp3) is 0.174. The van der Waals surface area contributed by atoms with Gasteiger partial charge in [0, 0.05) is 16.0 Å². The molecular weight excluding hydrogens is 410 g/mol. The number of hydrogen-bond donors (Lipinski definition) is 2. The fourth-order valence-corrected chi connectivity index (χ4v) is 4.37. The van der Waals surface area contributed by atoms with E-state index < -0.39 is 5.97 Å². The molecule has 1 heterocycles. The first-order chi connectivity index (χ1) is 15.1. The summed E-state index contributed by atoms with van der Waals surface area (Å²) in [5.74, 6) is 4.99. The van der Waals surface area contributed by atoms with Crippen LogP contribution in [0.2, 0.25) is 0 Å². The third kappa shape index (κ3) is 4.37. The number of carbonyl (C=O) groups is 1. The van der Waals surface area contributed by atoms with Crippen LogP contribution in [-0.2, 0) is 11.2 Å². The zero-order chi connectivity index (χ0) is 22.4. The van der Waals surface area contributed by atoms with Crippen LogP contribution in [-0.4, -0.2) is 18.4 Å². The van der Waals surface area contributed by atoms with Crippen molar-refractivity contribution in [2.75, 3.05) is 6.61 Å². The summed E-state index contributed by atoms with van der Waals surface area (Å²) in [4.78, 5) is 13.8. The molecule has 0 fully saturated rings. The average molecular weight is 432 g/mol. The molecular formula is C23H21N5O2S. The van der Waals surface area contributed by atoms with Crippen molar-refractivity contribution in [1.82, 2.24) is 0 Å². The number of ether oxygens (including phenoxy) is 1. The first kappa shape index (κ1) is 21.9. The molecule has 2 aromatic carbocycles. The third-order valence-corrected chi connectivity index (χ3v) is 6.07. The minimum absolute atomic E-state index is 0.154. The van der Waals surface area contributed by atoms with Gasteiger partial charge in [-0.2, -0.15) is 10.4 Å². The second kappa shape index (κ2) is 9.78. The van der Waals surface area contributed by atoms with E-state index in [0.717, 1.165) is 21.6 Å². The third-order valence-electron chi connectivity index (χ3n) is 4.75. The van der Waals surface area contributed by atoms with Gasteiger partial charge >= 0.3 is 5.97 Å². The maximum atomic E-state index is 12.5. The first-order valence-electron chi connectivity index (χ1n) is 9.67. The Kier molecular flexibility index (Phi) is 6.90. The highest BCUT2D eigenvalue weighted by molar-refractivity contribution is 7.14. The Balaban J connectivity index is 2.00. The Morgan fingerprint density at radius 3 is 2.16 bits per heavy atom. The van der Waals surface area contributed by atoms with Crippen LogP contribution in [0.25, 0.3) is 22.3 Å². The Morgan fingerprint density at radius 1 is 1.10 bits per heavy atom. The van der Waals surface area contributed by atoms with Gasteiger partial charge in [0.25, 0.3) is 0 Å². The maximum absolute atomic E-state index is 12.5. The number of esters is 1. The molecule has 0 aliphatic rings. The Morgan fingerprint density at radius 2 is 1.68 bits per heavy atom. The van der Waals surface area contributed by atoms with Gasteiger partial charge in [-0.3, -0.25) is 0 Å². The predicted molar refractivity (Wildman–Crippen MR) is 121 cm³/mol. The number of thiophene rings is 1. The van der Waals surface area contributed by atoms with Crippen molar-refractivity contribution in [3.8, 4) is 28.3 Å². The minimum Gasteiger partial charge on any atom is -0.462 e. The lowest BCUT2D eigenvalue weighted by Crippen LogP contribution is -2.04. The molecule has 0 saturated heterocycles. The molecule has 0 saturated carbocycles. The molecule has 3 rings (SSSR count). The second-order valence-electron chi connectivity index (χ2n) is 6.51. The molecule has 7 nitrogen and oxygen atoms in total. The lowest BCUT2D eigenvalue weighted by Gasteiger charge is -2.08. The number of nitrogens with zero attached hydrogens (tertiary/aromatic N) is 3. The van der Waals surface area contributed by atoms with Crippen molar-refractivity contribution in [1.29, 1.82) is 10.8 Å². The lowest BCUT2D eigenvalue weighted by molar-refractivity contribution is 0.0533. The molecule has 0 aliphatic carbocycles. The smallest absolute Gasteiger partial charge is 0.348 e. The summed E-state index contributed by atoms with van der Waals surface area (Å²) in [6.45, 7) is 4.00. The van der Waals surface area contributed by atoms with Crippen LogP contribution < -0.4 is 5.84 Å². The van der Waals surface area contributed by atoms with Crippen molar-refractivity contribution in [2.45, 2.75) is 20.3 Å². The number of benzene rings is 2. The van der Waals surface area contributed by atoms with Crippen LogP contribution in [0.15, 0.2) is 58.7 Å². The Bertz CT molecular complexity index is 1170. The van der Waals surface area contributed by atoms with Gasteiger partial charge in [-0.1, -0.05) is 55.5 Å². The fourth-order valence-electron chi connectivity index (χ4n) is 3.27. The monoisotopic (exact) mass is 431 g/mol. The Hall–Kier alpha value is -3.83. The van der Waals surface area contributed by atoms with E-state index in [1.807, 2.05) is 43.3 Å². The van der Waals surface area contributed by atoms with Gasteiger partial charge in [-0.05, 0) is 30.0 Å². The van der Waals surface area contributed by atoms with Gasteiger partial charge < -0.3 is 10.6 Å². The van der Waals surface area contributed by atoms with E-state index in [9.17, 15) is 10.1 Å². The van der Waals surface area contributed by atoms with Crippen molar-refractivity contribution in [3.63, 3.8) is 0 Å². The summed E-state index contributed by atoms with van der Waals surface area (Å²) in [7, 11) is 0.